The normalized spacial score (nSPS) is 24.3. The number of carbonyl (C=O) groups is 2. The van der Waals surface area contributed by atoms with E-state index in [0.29, 0.717) is 36.3 Å². The fourth-order valence-corrected chi connectivity index (χ4v) is 3.89. The van der Waals surface area contributed by atoms with E-state index in [1.807, 2.05) is 4.90 Å². The number of halogens is 1. The molecule has 6 heteroatoms. The molecule has 1 saturated carbocycles. The summed E-state index contributed by atoms with van der Waals surface area (Å²) in [6, 6.07) is 7.33. The van der Waals surface area contributed by atoms with Crippen LogP contribution in [-0.2, 0) is 4.79 Å². The average molecular weight is 378 g/mol. The topological polar surface area (TPSA) is 52.7 Å². The van der Waals surface area contributed by atoms with Gasteiger partial charge in [0, 0.05) is 42.8 Å². The van der Waals surface area contributed by atoms with Crippen LogP contribution in [0.1, 0.15) is 43.0 Å². The van der Waals surface area contributed by atoms with Crippen LogP contribution < -0.4 is 5.32 Å². The van der Waals surface area contributed by atoms with E-state index in [0.717, 1.165) is 31.8 Å². The Bertz CT molecular complexity index is 618. The molecule has 1 aliphatic carbocycles. The van der Waals surface area contributed by atoms with Crippen LogP contribution in [0.25, 0.3) is 0 Å². The molecule has 0 bridgehead atoms. The molecule has 1 N–H and O–H groups in total. The van der Waals surface area contributed by atoms with Crippen LogP contribution in [0.5, 0.6) is 0 Å². The Morgan fingerprint density at radius 1 is 1.04 bits per heavy atom. The average Bonchev–Trinajstić information content (AvgIpc) is 2.64. The van der Waals surface area contributed by atoms with Crippen LogP contribution in [0.2, 0.25) is 5.02 Å². The Hall–Kier alpha value is -1.59. The van der Waals surface area contributed by atoms with E-state index >= 15 is 0 Å². The summed E-state index contributed by atoms with van der Waals surface area (Å²) in [7, 11) is 0. The molecule has 0 aromatic heterocycles. The fourth-order valence-electron chi connectivity index (χ4n) is 3.76. The van der Waals surface area contributed by atoms with Crippen molar-refractivity contribution in [2.24, 2.45) is 5.92 Å². The van der Waals surface area contributed by atoms with Crippen LogP contribution in [0.3, 0.4) is 0 Å². The maximum Gasteiger partial charge on any atom is 0.253 e. The number of hydrogen-bond acceptors (Lipinski definition) is 3. The van der Waals surface area contributed by atoms with E-state index in [2.05, 4.69) is 17.1 Å². The van der Waals surface area contributed by atoms with Crippen molar-refractivity contribution in [1.29, 1.82) is 0 Å². The highest BCUT2D eigenvalue weighted by molar-refractivity contribution is 6.30. The van der Waals surface area contributed by atoms with Crippen LogP contribution >= 0.6 is 11.6 Å². The van der Waals surface area contributed by atoms with Gasteiger partial charge in [-0.05, 0) is 55.9 Å². The lowest BCUT2D eigenvalue weighted by atomic mass is 9.87. The molecule has 142 valence electrons. The molecule has 1 aliphatic heterocycles. The van der Waals surface area contributed by atoms with E-state index in [4.69, 9.17) is 11.6 Å². The van der Waals surface area contributed by atoms with Gasteiger partial charge in [-0.15, -0.1) is 0 Å². The van der Waals surface area contributed by atoms with Crippen LogP contribution in [0.15, 0.2) is 24.3 Å². The number of rotatable bonds is 4. The van der Waals surface area contributed by atoms with E-state index in [1.165, 1.54) is 12.8 Å². The minimum Gasteiger partial charge on any atom is -0.352 e. The van der Waals surface area contributed by atoms with Gasteiger partial charge in [0.25, 0.3) is 5.91 Å². The van der Waals surface area contributed by atoms with Gasteiger partial charge >= 0.3 is 0 Å². The molecule has 0 atom stereocenters. The number of benzene rings is 1. The van der Waals surface area contributed by atoms with Crippen LogP contribution in [0, 0.1) is 5.92 Å². The predicted octanol–water partition coefficient (Wildman–Crippen LogP) is 2.79. The van der Waals surface area contributed by atoms with Crippen LogP contribution in [-0.4, -0.2) is 60.4 Å². The summed E-state index contributed by atoms with van der Waals surface area (Å²) in [5.74, 6) is 0.929. The Morgan fingerprint density at radius 2 is 1.65 bits per heavy atom. The maximum atomic E-state index is 12.5. The van der Waals surface area contributed by atoms with E-state index < -0.39 is 0 Å². The third kappa shape index (κ3) is 5.21. The number of nitrogens with zero attached hydrogens (tertiary/aromatic N) is 2. The fraction of sp³-hybridized carbons (Fsp3) is 0.600. The van der Waals surface area contributed by atoms with Crippen molar-refractivity contribution in [3.8, 4) is 0 Å². The van der Waals surface area contributed by atoms with Gasteiger partial charge in [-0.25, -0.2) is 0 Å². The van der Waals surface area contributed by atoms with Crippen molar-refractivity contribution in [3.63, 3.8) is 0 Å². The predicted molar refractivity (Wildman–Crippen MR) is 103 cm³/mol. The highest BCUT2D eigenvalue weighted by atomic mass is 35.5. The maximum absolute atomic E-state index is 12.5. The molecular formula is C20H28ClN3O2. The van der Waals surface area contributed by atoms with Crippen molar-refractivity contribution >= 4 is 23.4 Å². The standard InChI is InChI=1S/C20H28ClN3O2/c1-15-2-8-18(9-3-15)22-19(25)14-23-10-12-24(13-11-23)20(26)16-4-6-17(21)7-5-16/h4-7,15,18H,2-3,8-14H2,1H3,(H,22,25). The second-order valence-corrected chi connectivity index (χ2v) is 8.04. The third-order valence-electron chi connectivity index (χ3n) is 5.50. The van der Waals surface area contributed by atoms with Crippen LogP contribution in [0.4, 0.5) is 0 Å². The summed E-state index contributed by atoms with van der Waals surface area (Å²) in [6.45, 7) is 5.46. The number of nitrogens with one attached hydrogen (secondary N) is 1. The van der Waals surface area contributed by atoms with Gasteiger partial charge in [-0.3, -0.25) is 14.5 Å². The lowest BCUT2D eigenvalue weighted by Gasteiger charge is -2.35. The van der Waals surface area contributed by atoms with Crippen molar-refractivity contribution in [3.05, 3.63) is 34.9 Å². The third-order valence-corrected chi connectivity index (χ3v) is 5.75. The zero-order valence-electron chi connectivity index (χ0n) is 15.4. The molecule has 1 saturated heterocycles. The van der Waals surface area contributed by atoms with E-state index in [1.54, 1.807) is 24.3 Å². The Balaban J connectivity index is 1.41. The van der Waals surface area contributed by atoms with Gasteiger partial charge in [0.15, 0.2) is 0 Å². The SMILES string of the molecule is CC1CCC(NC(=O)CN2CCN(C(=O)c3ccc(Cl)cc3)CC2)CC1. The number of amides is 2. The highest BCUT2D eigenvalue weighted by Crippen LogP contribution is 2.23. The lowest BCUT2D eigenvalue weighted by Crippen LogP contribution is -2.52. The summed E-state index contributed by atoms with van der Waals surface area (Å²) in [5.41, 5.74) is 0.659. The Morgan fingerprint density at radius 3 is 2.27 bits per heavy atom. The zero-order chi connectivity index (χ0) is 18.5. The van der Waals surface area contributed by atoms with Gasteiger partial charge in [-0.2, -0.15) is 0 Å². The quantitative estimate of drug-likeness (QED) is 0.877. The molecule has 26 heavy (non-hydrogen) atoms. The molecule has 2 fully saturated rings. The first kappa shape index (κ1) is 19.2. The summed E-state index contributed by atoms with van der Waals surface area (Å²) >= 11 is 5.88. The first-order valence-corrected chi connectivity index (χ1v) is 9.95. The molecule has 3 rings (SSSR count). The molecule has 1 aromatic carbocycles. The first-order chi connectivity index (χ1) is 12.5. The molecule has 2 amide bonds. The second kappa shape index (κ2) is 8.87. The number of hydrogen-bond donors (Lipinski definition) is 1. The van der Waals surface area contributed by atoms with E-state index in [9.17, 15) is 9.59 Å². The Kier molecular flexibility index (Phi) is 6.54. The summed E-state index contributed by atoms with van der Waals surface area (Å²) in [5, 5.41) is 3.81. The number of carbonyl (C=O) groups excluding carboxylic acids is 2. The lowest BCUT2D eigenvalue weighted by molar-refractivity contribution is -0.123. The smallest absolute Gasteiger partial charge is 0.253 e. The summed E-state index contributed by atoms with van der Waals surface area (Å²) in [4.78, 5) is 28.8. The molecule has 0 radical (unpaired) electrons. The highest BCUT2D eigenvalue weighted by Gasteiger charge is 2.25. The molecule has 1 aromatic rings. The Labute approximate surface area is 160 Å². The molecular weight excluding hydrogens is 350 g/mol. The van der Waals surface area contributed by atoms with Gasteiger partial charge in [0.05, 0.1) is 6.54 Å². The second-order valence-electron chi connectivity index (χ2n) is 7.60. The van der Waals surface area contributed by atoms with E-state index in [-0.39, 0.29) is 11.8 Å². The molecule has 2 aliphatic rings. The summed E-state index contributed by atoms with van der Waals surface area (Å²) in [6.07, 6.45) is 4.60. The van der Waals surface area contributed by atoms with Crippen molar-refractivity contribution in [2.75, 3.05) is 32.7 Å². The minimum atomic E-state index is 0.0297. The van der Waals surface area contributed by atoms with Gasteiger partial charge in [0.2, 0.25) is 5.91 Å². The van der Waals surface area contributed by atoms with Crippen molar-refractivity contribution < 1.29 is 9.59 Å². The minimum absolute atomic E-state index is 0.0297. The molecule has 0 unspecified atom stereocenters. The van der Waals surface area contributed by atoms with Gasteiger partial charge in [0.1, 0.15) is 0 Å². The number of piperazine rings is 1. The first-order valence-electron chi connectivity index (χ1n) is 9.58. The van der Waals surface area contributed by atoms with Crippen molar-refractivity contribution in [1.82, 2.24) is 15.1 Å². The van der Waals surface area contributed by atoms with Crippen molar-refractivity contribution in [2.45, 2.75) is 38.6 Å². The monoisotopic (exact) mass is 377 g/mol. The molecule has 5 nitrogen and oxygen atoms in total. The van der Waals surface area contributed by atoms with Gasteiger partial charge in [-0.1, -0.05) is 18.5 Å². The zero-order valence-corrected chi connectivity index (χ0v) is 16.2. The summed E-state index contributed by atoms with van der Waals surface area (Å²) < 4.78 is 0. The molecule has 1 heterocycles. The largest absolute Gasteiger partial charge is 0.352 e. The molecule has 0 spiro atoms. The van der Waals surface area contributed by atoms with Gasteiger partial charge < -0.3 is 10.2 Å².